The maximum atomic E-state index is 11.8. The van der Waals surface area contributed by atoms with E-state index in [-0.39, 0.29) is 11.4 Å². The van der Waals surface area contributed by atoms with Crippen LogP contribution in [-0.2, 0) is 0 Å². The monoisotopic (exact) mass is 229 g/mol. The zero-order chi connectivity index (χ0) is 11.5. The molecule has 0 aromatic carbocycles. The van der Waals surface area contributed by atoms with Crippen LogP contribution in [0.5, 0.6) is 0 Å². The molecule has 0 radical (unpaired) electrons. The number of furan rings is 1. The van der Waals surface area contributed by atoms with Gasteiger partial charge in [-0.1, -0.05) is 0 Å². The normalized spacial score (nSPS) is 11.5. The number of carbonyl (C=O) groups excluding carboxylic acids is 1. The first kappa shape index (κ1) is 12.1. The molecule has 1 aromatic rings. The Labute approximate surface area is 94.8 Å². The van der Waals surface area contributed by atoms with Gasteiger partial charge in [0.15, 0.2) is 0 Å². The number of halogens is 1. The van der Waals surface area contributed by atoms with Gasteiger partial charge in [0.25, 0.3) is 5.91 Å². The Balaban J connectivity index is 2.68. The van der Waals surface area contributed by atoms with E-state index in [1.54, 1.807) is 13.0 Å². The van der Waals surface area contributed by atoms with Crippen LogP contribution in [0.2, 0.25) is 0 Å². The summed E-state index contributed by atoms with van der Waals surface area (Å²) < 4.78 is 5.07. The van der Waals surface area contributed by atoms with Crippen molar-refractivity contribution in [2.45, 2.75) is 32.7 Å². The molecule has 0 saturated heterocycles. The van der Waals surface area contributed by atoms with Gasteiger partial charge in [-0.25, -0.2) is 0 Å². The molecule has 4 heteroatoms. The molecule has 0 spiro atoms. The molecular formula is C11H16ClNO2. The summed E-state index contributed by atoms with van der Waals surface area (Å²) in [5.41, 5.74) is 0.292. The van der Waals surface area contributed by atoms with Gasteiger partial charge in [-0.2, -0.15) is 0 Å². The van der Waals surface area contributed by atoms with Crippen LogP contribution in [0.1, 0.15) is 36.4 Å². The molecule has 1 N–H and O–H groups in total. The number of amides is 1. The average molecular weight is 230 g/mol. The van der Waals surface area contributed by atoms with E-state index in [1.807, 2.05) is 13.8 Å². The third-order valence-corrected chi connectivity index (χ3v) is 2.46. The fraction of sp³-hybridized carbons (Fsp3) is 0.545. The fourth-order valence-electron chi connectivity index (χ4n) is 1.29. The minimum absolute atomic E-state index is 0.114. The van der Waals surface area contributed by atoms with Crippen molar-refractivity contribution in [2.24, 2.45) is 0 Å². The minimum atomic E-state index is -0.289. The van der Waals surface area contributed by atoms with Crippen LogP contribution in [0.3, 0.4) is 0 Å². The van der Waals surface area contributed by atoms with Crippen molar-refractivity contribution < 1.29 is 9.21 Å². The summed E-state index contributed by atoms with van der Waals surface area (Å²) in [5.74, 6) is 1.04. The van der Waals surface area contributed by atoms with Gasteiger partial charge in [0, 0.05) is 11.4 Å². The first-order valence-corrected chi connectivity index (χ1v) is 5.42. The Hall–Kier alpha value is -0.960. The first-order valence-electron chi connectivity index (χ1n) is 4.89. The fourth-order valence-corrected chi connectivity index (χ4v) is 1.77. The molecule has 0 aliphatic rings. The second-order valence-electron chi connectivity index (χ2n) is 4.17. The van der Waals surface area contributed by atoms with Gasteiger partial charge in [-0.3, -0.25) is 4.79 Å². The smallest absolute Gasteiger partial charge is 0.255 e. The van der Waals surface area contributed by atoms with Crippen LogP contribution < -0.4 is 5.32 Å². The van der Waals surface area contributed by atoms with E-state index < -0.39 is 0 Å². The number of nitrogens with one attached hydrogen (secondary N) is 1. The third-order valence-electron chi connectivity index (χ3n) is 2.27. The first-order chi connectivity index (χ1) is 6.96. The summed E-state index contributed by atoms with van der Waals surface area (Å²) in [6, 6.07) is 1.67. The lowest BCUT2D eigenvalue weighted by molar-refractivity contribution is 0.0910. The standard InChI is InChI=1S/C11H16ClNO2/c1-8-9(4-7-15-8)10(14)13-11(2,3)5-6-12/h4,7H,5-6H2,1-3H3,(H,13,14). The minimum Gasteiger partial charge on any atom is -0.469 e. The lowest BCUT2D eigenvalue weighted by Gasteiger charge is -2.25. The highest BCUT2D eigenvalue weighted by molar-refractivity contribution is 6.17. The maximum absolute atomic E-state index is 11.8. The van der Waals surface area contributed by atoms with E-state index in [0.29, 0.717) is 17.2 Å². The van der Waals surface area contributed by atoms with E-state index in [1.165, 1.54) is 6.26 Å². The van der Waals surface area contributed by atoms with Crippen LogP contribution in [0.4, 0.5) is 0 Å². The summed E-state index contributed by atoms with van der Waals surface area (Å²) >= 11 is 5.66. The average Bonchev–Trinajstić information content (AvgIpc) is 2.50. The van der Waals surface area contributed by atoms with Crippen molar-refractivity contribution in [3.05, 3.63) is 23.7 Å². The summed E-state index contributed by atoms with van der Waals surface area (Å²) in [4.78, 5) is 11.8. The van der Waals surface area contributed by atoms with Crippen molar-refractivity contribution in [3.63, 3.8) is 0 Å². The summed E-state index contributed by atoms with van der Waals surface area (Å²) in [7, 11) is 0. The molecule has 0 atom stereocenters. The van der Waals surface area contributed by atoms with Crippen LogP contribution in [0, 0.1) is 6.92 Å². The topological polar surface area (TPSA) is 42.2 Å². The maximum Gasteiger partial charge on any atom is 0.255 e. The van der Waals surface area contributed by atoms with E-state index >= 15 is 0 Å². The van der Waals surface area contributed by atoms with E-state index in [0.717, 1.165) is 6.42 Å². The van der Waals surface area contributed by atoms with Crippen molar-refractivity contribution in [2.75, 3.05) is 5.88 Å². The molecule has 0 bridgehead atoms. The highest BCUT2D eigenvalue weighted by atomic mass is 35.5. The van der Waals surface area contributed by atoms with E-state index in [4.69, 9.17) is 16.0 Å². The van der Waals surface area contributed by atoms with Crippen LogP contribution in [-0.4, -0.2) is 17.3 Å². The predicted octanol–water partition coefficient (Wildman–Crippen LogP) is 2.73. The summed E-state index contributed by atoms with van der Waals surface area (Å²) in [6.45, 7) is 5.66. The van der Waals surface area contributed by atoms with Gasteiger partial charge in [-0.05, 0) is 33.3 Å². The zero-order valence-corrected chi connectivity index (χ0v) is 10.0. The molecule has 0 saturated carbocycles. The number of rotatable bonds is 4. The summed E-state index contributed by atoms with van der Waals surface area (Å²) in [5, 5.41) is 2.92. The molecule has 0 aliphatic heterocycles. The number of hydrogen-bond acceptors (Lipinski definition) is 2. The lowest BCUT2D eigenvalue weighted by Crippen LogP contribution is -2.43. The van der Waals surface area contributed by atoms with Gasteiger partial charge in [-0.15, -0.1) is 11.6 Å². The van der Waals surface area contributed by atoms with Crippen molar-refractivity contribution in [1.29, 1.82) is 0 Å². The second-order valence-corrected chi connectivity index (χ2v) is 4.55. The highest BCUT2D eigenvalue weighted by Crippen LogP contribution is 2.13. The van der Waals surface area contributed by atoms with Crippen LogP contribution in [0.15, 0.2) is 16.7 Å². The van der Waals surface area contributed by atoms with Crippen molar-refractivity contribution >= 4 is 17.5 Å². The van der Waals surface area contributed by atoms with E-state index in [2.05, 4.69) is 5.32 Å². The molecule has 0 unspecified atom stereocenters. The Kier molecular flexibility index (Phi) is 3.80. The van der Waals surface area contributed by atoms with Crippen LogP contribution >= 0.6 is 11.6 Å². The number of carbonyl (C=O) groups is 1. The van der Waals surface area contributed by atoms with Gasteiger partial charge in [0.2, 0.25) is 0 Å². The lowest BCUT2D eigenvalue weighted by atomic mass is 10.0. The Morgan fingerprint density at radius 3 is 2.73 bits per heavy atom. The van der Waals surface area contributed by atoms with Crippen LogP contribution in [0.25, 0.3) is 0 Å². The van der Waals surface area contributed by atoms with Gasteiger partial charge in [0.1, 0.15) is 5.76 Å². The molecular weight excluding hydrogens is 214 g/mol. The zero-order valence-electron chi connectivity index (χ0n) is 9.26. The van der Waals surface area contributed by atoms with Gasteiger partial charge < -0.3 is 9.73 Å². The Morgan fingerprint density at radius 2 is 2.27 bits per heavy atom. The predicted molar refractivity (Wildman–Crippen MR) is 60.3 cm³/mol. The molecule has 0 aliphatic carbocycles. The van der Waals surface area contributed by atoms with E-state index in [9.17, 15) is 4.79 Å². The number of aryl methyl sites for hydroxylation is 1. The number of alkyl halides is 1. The molecule has 84 valence electrons. The Bertz CT molecular complexity index is 344. The Morgan fingerprint density at radius 1 is 1.60 bits per heavy atom. The molecule has 15 heavy (non-hydrogen) atoms. The molecule has 3 nitrogen and oxygen atoms in total. The van der Waals surface area contributed by atoms with Crippen molar-refractivity contribution in [1.82, 2.24) is 5.32 Å². The third kappa shape index (κ3) is 3.27. The second kappa shape index (κ2) is 4.71. The molecule has 1 heterocycles. The molecule has 1 aromatic heterocycles. The SMILES string of the molecule is Cc1occc1C(=O)NC(C)(C)CCCl. The van der Waals surface area contributed by atoms with Gasteiger partial charge >= 0.3 is 0 Å². The highest BCUT2D eigenvalue weighted by Gasteiger charge is 2.22. The molecule has 1 amide bonds. The van der Waals surface area contributed by atoms with Gasteiger partial charge in [0.05, 0.1) is 11.8 Å². The largest absolute Gasteiger partial charge is 0.469 e. The summed E-state index contributed by atoms with van der Waals surface area (Å²) in [6.07, 6.45) is 2.25. The number of hydrogen-bond donors (Lipinski definition) is 1. The quantitative estimate of drug-likeness (QED) is 0.807. The van der Waals surface area contributed by atoms with Crippen molar-refractivity contribution in [3.8, 4) is 0 Å². The molecule has 0 fully saturated rings. The molecule has 1 rings (SSSR count).